The summed E-state index contributed by atoms with van der Waals surface area (Å²) in [6, 6.07) is 8.75. The van der Waals surface area contributed by atoms with Crippen molar-refractivity contribution in [3.05, 3.63) is 35.4 Å². The van der Waals surface area contributed by atoms with Gasteiger partial charge in [-0.1, -0.05) is 56.5 Å². The molecule has 0 bridgehead atoms. The van der Waals surface area contributed by atoms with E-state index in [1.807, 2.05) is 0 Å². The first-order valence-electron chi connectivity index (χ1n) is 7.32. The molecule has 0 amide bonds. The van der Waals surface area contributed by atoms with Crippen LogP contribution in [-0.2, 0) is 10.8 Å². The number of hydrogen-bond acceptors (Lipinski definition) is 2. The van der Waals surface area contributed by atoms with E-state index in [0.29, 0.717) is 0 Å². The summed E-state index contributed by atoms with van der Waals surface area (Å²) in [7, 11) is -0.721. The molecular weight excluding hydrogens is 254 g/mol. The fourth-order valence-corrected chi connectivity index (χ4v) is 3.48. The fourth-order valence-electron chi connectivity index (χ4n) is 2.10. The van der Waals surface area contributed by atoms with Crippen molar-refractivity contribution in [1.82, 2.24) is 5.32 Å². The molecule has 1 aromatic carbocycles. The zero-order valence-corrected chi connectivity index (χ0v) is 13.3. The van der Waals surface area contributed by atoms with E-state index >= 15 is 0 Å². The van der Waals surface area contributed by atoms with E-state index in [9.17, 15) is 4.21 Å². The van der Waals surface area contributed by atoms with Crippen LogP contribution in [0.5, 0.6) is 0 Å². The first-order valence-corrected chi connectivity index (χ1v) is 8.81. The summed E-state index contributed by atoms with van der Waals surface area (Å²) in [5.74, 6) is 1.56. The predicted molar refractivity (Wildman–Crippen MR) is 85.0 cm³/mol. The van der Waals surface area contributed by atoms with Crippen molar-refractivity contribution in [3.8, 4) is 0 Å². The number of nitrogens with one attached hydrogen (secondary N) is 1. The average Bonchev–Trinajstić information content (AvgIpc) is 2.39. The Morgan fingerprint density at radius 3 is 2.42 bits per heavy atom. The van der Waals surface area contributed by atoms with Gasteiger partial charge >= 0.3 is 0 Å². The molecule has 108 valence electrons. The van der Waals surface area contributed by atoms with Crippen molar-refractivity contribution in [2.45, 2.75) is 46.1 Å². The van der Waals surface area contributed by atoms with E-state index in [4.69, 9.17) is 0 Å². The van der Waals surface area contributed by atoms with Crippen molar-refractivity contribution in [2.75, 3.05) is 18.1 Å². The van der Waals surface area contributed by atoms with Gasteiger partial charge in [0, 0.05) is 28.3 Å². The summed E-state index contributed by atoms with van der Waals surface area (Å²) in [6.07, 6.45) is 3.45. The molecule has 2 atom stereocenters. The largest absolute Gasteiger partial charge is 0.309 e. The van der Waals surface area contributed by atoms with Gasteiger partial charge < -0.3 is 5.32 Å². The first-order chi connectivity index (χ1) is 9.17. The zero-order chi connectivity index (χ0) is 14.1. The third-order valence-corrected chi connectivity index (χ3v) is 4.71. The monoisotopic (exact) mass is 281 g/mol. The van der Waals surface area contributed by atoms with Crippen LogP contribution < -0.4 is 5.32 Å². The Bertz CT molecular complexity index is 375. The van der Waals surface area contributed by atoms with Crippen molar-refractivity contribution in [1.29, 1.82) is 0 Å². The van der Waals surface area contributed by atoms with Gasteiger partial charge in [0.15, 0.2) is 0 Å². The van der Waals surface area contributed by atoms with Gasteiger partial charge in [0.05, 0.1) is 0 Å². The van der Waals surface area contributed by atoms with Gasteiger partial charge in [-0.05, 0) is 25.5 Å². The topological polar surface area (TPSA) is 29.1 Å². The van der Waals surface area contributed by atoms with Gasteiger partial charge in [0.1, 0.15) is 0 Å². The minimum atomic E-state index is -0.721. The summed E-state index contributed by atoms with van der Waals surface area (Å²) < 4.78 is 12.1. The molecule has 0 saturated carbocycles. The average molecular weight is 281 g/mol. The van der Waals surface area contributed by atoms with Crippen LogP contribution in [0.3, 0.4) is 0 Å². The normalized spacial score (nSPS) is 14.3. The number of benzene rings is 1. The molecule has 0 fully saturated rings. The SMILES string of the molecule is CCCCCS(=O)CC(NCC)c1ccc(C)cc1. The van der Waals surface area contributed by atoms with Crippen LogP contribution in [0, 0.1) is 6.92 Å². The molecule has 2 unspecified atom stereocenters. The van der Waals surface area contributed by atoms with Crippen LogP contribution in [0.4, 0.5) is 0 Å². The quantitative estimate of drug-likeness (QED) is 0.701. The van der Waals surface area contributed by atoms with Gasteiger partial charge in [-0.2, -0.15) is 0 Å². The Kier molecular flexibility index (Phi) is 7.99. The summed E-state index contributed by atoms with van der Waals surface area (Å²) in [5.41, 5.74) is 2.51. The lowest BCUT2D eigenvalue weighted by molar-refractivity contribution is 0.593. The first kappa shape index (κ1) is 16.4. The number of hydrogen-bond donors (Lipinski definition) is 1. The van der Waals surface area contributed by atoms with E-state index in [-0.39, 0.29) is 6.04 Å². The minimum Gasteiger partial charge on any atom is -0.309 e. The molecule has 3 heteroatoms. The summed E-state index contributed by atoms with van der Waals surface area (Å²) >= 11 is 0. The van der Waals surface area contributed by atoms with Crippen LogP contribution in [-0.4, -0.2) is 22.3 Å². The molecule has 0 aromatic heterocycles. The molecule has 0 aliphatic rings. The van der Waals surface area contributed by atoms with Crippen LogP contribution in [0.2, 0.25) is 0 Å². The number of aryl methyl sites for hydroxylation is 1. The maximum atomic E-state index is 12.1. The molecule has 0 saturated heterocycles. The Morgan fingerprint density at radius 2 is 1.84 bits per heavy atom. The minimum absolute atomic E-state index is 0.216. The third-order valence-electron chi connectivity index (χ3n) is 3.26. The lowest BCUT2D eigenvalue weighted by Crippen LogP contribution is -2.26. The highest BCUT2D eigenvalue weighted by Crippen LogP contribution is 2.15. The molecule has 0 radical (unpaired) electrons. The molecule has 0 heterocycles. The highest BCUT2D eigenvalue weighted by molar-refractivity contribution is 7.85. The standard InChI is InChI=1S/C16H27NOS/c1-4-6-7-12-19(18)13-16(17-5-2)15-10-8-14(3)9-11-15/h8-11,16-17H,4-7,12-13H2,1-3H3. The molecule has 1 aromatic rings. The number of unbranched alkanes of at least 4 members (excludes halogenated alkanes) is 2. The second-order valence-electron chi connectivity index (χ2n) is 5.04. The van der Waals surface area contributed by atoms with Crippen LogP contribution >= 0.6 is 0 Å². The third kappa shape index (κ3) is 6.35. The van der Waals surface area contributed by atoms with Crippen molar-refractivity contribution >= 4 is 10.8 Å². The Hall–Kier alpha value is -0.670. The molecule has 0 aliphatic carbocycles. The maximum absolute atomic E-state index is 12.1. The summed E-state index contributed by atoms with van der Waals surface area (Å²) in [5, 5.41) is 3.45. The highest BCUT2D eigenvalue weighted by Gasteiger charge is 2.13. The predicted octanol–water partition coefficient (Wildman–Crippen LogP) is 3.58. The van der Waals surface area contributed by atoms with Crippen LogP contribution in [0.25, 0.3) is 0 Å². The van der Waals surface area contributed by atoms with Gasteiger partial charge in [0.25, 0.3) is 0 Å². The van der Waals surface area contributed by atoms with E-state index < -0.39 is 10.8 Å². The molecule has 2 nitrogen and oxygen atoms in total. The molecule has 0 spiro atoms. The van der Waals surface area contributed by atoms with E-state index in [0.717, 1.165) is 24.5 Å². The second-order valence-corrected chi connectivity index (χ2v) is 6.66. The van der Waals surface area contributed by atoms with Crippen molar-refractivity contribution in [2.24, 2.45) is 0 Å². The second kappa shape index (κ2) is 9.27. The lowest BCUT2D eigenvalue weighted by Gasteiger charge is -2.18. The smallest absolute Gasteiger partial charge is 0.0436 e. The van der Waals surface area contributed by atoms with Gasteiger partial charge in [-0.15, -0.1) is 0 Å². The van der Waals surface area contributed by atoms with Gasteiger partial charge in [-0.3, -0.25) is 4.21 Å². The zero-order valence-electron chi connectivity index (χ0n) is 12.4. The van der Waals surface area contributed by atoms with Crippen molar-refractivity contribution < 1.29 is 4.21 Å². The molecule has 19 heavy (non-hydrogen) atoms. The maximum Gasteiger partial charge on any atom is 0.0436 e. The van der Waals surface area contributed by atoms with Crippen LogP contribution in [0.1, 0.15) is 50.3 Å². The van der Waals surface area contributed by atoms with E-state index in [1.165, 1.54) is 24.0 Å². The molecular formula is C16H27NOS. The Labute approximate surface area is 120 Å². The van der Waals surface area contributed by atoms with Crippen molar-refractivity contribution in [3.63, 3.8) is 0 Å². The summed E-state index contributed by atoms with van der Waals surface area (Å²) in [6.45, 7) is 7.28. The lowest BCUT2D eigenvalue weighted by atomic mass is 10.1. The molecule has 0 aliphatic heterocycles. The molecule has 1 N–H and O–H groups in total. The van der Waals surface area contributed by atoms with Gasteiger partial charge in [-0.25, -0.2) is 0 Å². The van der Waals surface area contributed by atoms with Gasteiger partial charge in [0.2, 0.25) is 0 Å². The highest BCUT2D eigenvalue weighted by atomic mass is 32.2. The Balaban J connectivity index is 2.57. The van der Waals surface area contributed by atoms with Crippen LogP contribution in [0.15, 0.2) is 24.3 Å². The molecule has 1 rings (SSSR count). The number of rotatable bonds is 9. The van der Waals surface area contributed by atoms with E-state index in [2.05, 4.69) is 50.4 Å². The van der Waals surface area contributed by atoms with E-state index in [1.54, 1.807) is 0 Å². The fraction of sp³-hybridized carbons (Fsp3) is 0.625. The summed E-state index contributed by atoms with van der Waals surface area (Å²) in [4.78, 5) is 0. The Morgan fingerprint density at radius 1 is 1.16 bits per heavy atom.